The zero-order valence-electron chi connectivity index (χ0n) is 14.4. The van der Waals surface area contributed by atoms with Crippen LogP contribution in [0, 0.1) is 5.92 Å². The van der Waals surface area contributed by atoms with Gasteiger partial charge in [-0.3, -0.25) is 4.79 Å². The van der Waals surface area contributed by atoms with Crippen LogP contribution < -0.4 is 11.1 Å². The minimum atomic E-state index is -4.32. The molecule has 7 heteroatoms. The lowest BCUT2D eigenvalue weighted by Crippen LogP contribution is -2.52. The molecule has 2 atom stereocenters. The Morgan fingerprint density at radius 3 is 2.52 bits per heavy atom. The molecule has 2 unspecified atom stereocenters. The Kier molecular flexibility index (Phi) is 6.46. The van der Waals surface area contributed by atoms with Crippen molar-refractivity contribution in [3.63, 3.8) is 0 Å². The highest BCUT2D eigenvalue weighted by molar-refractivity contribution is 5.80. The van der Waals surface area contributed by atoms with E-state index >= 15 is 0 Å². The van der Waals surface area contributed by atoms with Gasteiger partial charge in [-0.2, -0.15) is 13.2 Å². The summed E-state index contributed by atoms with van der Waals surface area (Å²) in [7, 11) is 0. The number of nitrogens with one attached hydrogen (secondary N) is 1. The minimum Gasteiger partial charge on any atom is -0.367 e. The number of carbonyl (C=O) groups excluding carboxylic acids is 1. The number of carbonyl (C=O) groups is 1. The van der Waals surface area contributed by atoms with Gasteiger partial charge in [0.15, 0.2) is 0 Å². The van der Waals surface area contributed by atoms with Crippen molar-refractivity contribution in [2.45, 2.75) is 57.5 Å². The first kappa shape index (κ1) is 19.7. The van der Waals surface area contributed by atoms with Crippen molar-refractivity contribution in [2.24, 2.45) is 11.7 Å². The van der Waals surface area contributed by atoms with E-state index < -0.39 is 18.3 Å². The summed E-state index contributed by atoms with van der Waals surface area (Å²) in [5, 5.41) is 2.91. The Labute approximate surface area is 145 Å². The van der Waals surface area contributed by atoms with E-state index in [1.807, 2.05) is 6.92 Å². The Morgan fingerprint density at radius 1 is 1.28 bits per heavy atom. The fourth-order valence-electron chi connectivity index (χ4n) is 3.14. The van der Waals surface area contributed by atoms with Gasteiger partial charge < -0.3 is 15.8 Å². The minimum absolute atomic E-state index is 0.0395. The van der Waals surface area contributed by atoms with Crippen LogP contribution in [-0.2, 0) is 22.7 Å². The van der Waals surface area contributed by atoms with Crippen LogP contribution in [0.25, 0.3) is 0 Å². The molecule has 1 fully saturated rings. The molecule has 1 aliphatic carbocycles. The Bertz CT molecular complexity index is 571. The maximum atomic E-state index is 12.4. The first-order valence-electron chi connectivity index (χ1n) is 8.46. The molecule has 25 heavy (non-hydrogen) atoms. The normalized spacial score (nSPS) is 24.1. The number of halogens is 3. The quantitative estimate of drug-likeness (QED) is 0.820. The molecule has 3 N–H and O–H groups in total. The second kappa shape index (κ2) is 8.19. The maximum Gasteiger partial charge on any atom is 0.411 e. The van der Waals surface area contributed by atoms with Crippen LogP contribution in [0.5, 0.6) is 0 Å². The van der Waals surface area contributed by atoms with Crippen LogP contribution >= 0.6 is 0 Å². The van der Waals surface area contributed by atoms with E-state index in [4.69, 9.17) is 5.73 Å². The van der Waals surface area contributed by atoms with Crippen molar-refractivity contribution in [2.75, 3.05) is 6.61 Å². The van der Waals surface area contributed by atoms with E-state index in [0.29, 0.717) is 12.1 Å². The number of hydrogen-bond donors (Lipinski definition) is 2. The molecule has 1 aliphatic rings. The van der Waals surface area contributed by atoms with Crippen molar-refractivity contribution >= 4 is 5.91 Å². The third kappa shape index (κ3) is 6.32. The van der Waals surface area contributed by atoms with Crippen LogP contribution in [-0.4, -0.2) is 24.2 Å². The van der Waals surface area contributed by atoms with E-state index in [0.717, 1.165) is 31.2 Å². The summed E-state index contributed by atoms with van der Waals surface area (Å²) in [4.78, 5) is 12.4. The highest BCUT2D eigenvalue weighted by Gasteiger charge is 2.37. The van der Waals surface area contributed by atoms with Gasteiger partial charge in [0, 0.05) is 12.1 Å². The zero-order chi connectivity index (χ0) is 18.5. The van der Waals surface area contributed by atoms with Gasteiger partial charge in [-0.05, 0) is 30.9 Å². The van der Waals surface area contributed by atoms with Crippen LogP contribution in [0.15, 0.2) is 24.3 Å². The van der Waals surface area contributed by atoms with Crippen LogP contribution in [0.2, 0.25) is 0 Å². The van der Waals surface area contributed by atoms with E-state index in [1.54, 1.807) is 24.3 Å². The van der Waals surface area contributed by atoms with Gasteiger partial charge in [0.1, 0.15) is 6.61 Å². The summed E-state index contributed by atoms with van der Waals surface area (Å²) in [5.74, 6) is -0.224. The van der Waals surface area contributed by atoms with Crippen molar-refractivity contribution in [3.05, 3.63) is 35.4 Å². The predicted octanol–water partition coefficient (Wildman–Crippen LogP) is 3.29. The number of hydrogen-bond acceptors (Lipinski definition) is 3. The number of ether oxygens (including phenoxy) is 1. The lowest BCUT2D eigenvalue weighted by atomic mass is 9.74. The summed E-state index contributed by atoms with van der Waals surface area (Å²) in [6, 6.07) is 6.95. The average Bonchev–Trinajstić information content (AvgIpc) is 2.52. The van der Waals surface area contributed by atoms with E-state index in [-0.39, 0.29) is 18.4 Å². The summed E-state index contributed by atoms with van der Waals surface area (Å²) in [5.41, 5.74) is 7.29. The van der Waals surface area contributed by atoms with Gasteiger partial charge in [0.05, 0.1) is 12.5 Å². The summed E-state index contributed by atoms with van der Waals surface area (Å²) < 4.78 is 40.7. The Hall–Kier alpha value is -1.60. The van der Waals surface area contributed by atoms with Crippen molar-refractivity contribution in [1.82, 2.24) is 5.32 Å². The van der Waals surface area contributed by atoms with Crippen LogP contribution in [0.1, 0.15) is 43.7 Å². The summed E-state index contributed by atoms with van der Waals surface area (Å²) in [6.07, 6.45) is -0.612. The van der Waals surface area contributed by atoms with Crippen molar-refractivity contribution < 1.29 is 22.7 Å². The van der Waals surface area contributed by atoms with E-state index in [2.05, 4.69) is 10.1 Å². The van der Waals surface area contributed by atoms with Gasteiger partial charge >= 0.3 is 6.18 Å². The first-order valence-corrected chi connectivity index (χ1v) is 8.46. The third-order valence-electron chi connectivity index (χ3n) is 4.59. The molecule has 0 radical (unpaired) electrons. The zero-order valence-corrected chi connectivity index (χ0v) is 14.4. The van der Waals surface area contributed by atoms with Crippen molar-refractivity contribution in [1.29, 1.82) is 0 Å². The predicted molar refractivity (Wildman–Crippen MR) is 88.6 cm³/mol. The molecule has 2 rings (SSSR count). The molecule has 1 saturated carbocycles. The Morgan fingerprint density at radius 2 is 1.92 bits per heavy atom. The van der Waals surface area contributed by atoms with E-state index in [9.17, 15) is 18.0 Å². The molecule has 0 bridgehead atoms. The fraction of sp³-hybridized carbons (Fsp3) is 0.611. The molecular formula is C18H25F3N2O2. The maximum absolute atomic E-state index is 12.4. The molecule has 0 heterocycles. The largest absolute Gasteiger partial charge is 0.411 e. The highest BCUT2D eigenvalue weighted by atomic mass is 19.4. The molecule has 0 saturated heterocycles. The number of benzene rings is 1. The number of amides is 1. The lowest BCUT2D eigenvalue weighted by Gasteiger charge is -2.37. The van der Waals surface area contributed by atoms with Crippen LogP contribution in [0.4, 0.5) is 13.2 Å². The van der Waals surface area contributed by atoms with Gasteiger partial charge in [-0.15, -0.1) is 0 Å². The van der Waals surface area contributed by atoms with Crippen molar-refractivity contribution in [3.8, 4) is 0 Å². The van der Waals surface area contributed by atoms with E-state index in [1.165, 1.54) is 0 Å². The molecule has 1 aromatic rings. The number of rotatable bonds is 6. The molecule has 1 amide bonds. The molecular weight excluding hydrogens is 333 g/mol. The average molecular weight is 358 g/mol. The fourth-order valence-corrected chi connectivity index (χ4v) is 3.14. The Balaban J connectivity index is 1.80. The molecule has 1 aromatic carbocycles. The topological polar surface area (TPSA) is 64.4 Å². The van der Waals surface area contributed by atoms with Gasteiger partial charge in [0.2, 0.25) is 5.91 Å². The number of nitrogens with two attached hydrogens (primary N) is 1. The smallest absolute Gasteiger partial charge is 0.367 e. The highest BCUT2D eigenvalue weighted by Crippen LogP contribution is 2.31. The third-order valence-corrected chi connectivity index (χ3v) is 4.59. The molecule has 140 valence electrons. The number of alkyl halides is 3. The molecule has 0 spiro atoms. The monoisotopic (exact) mass is 358 g/mol. The molecule has 4 nitrogen and oxygen atoms in total. The van der Waals surface area contributed by atoms with Gasteiger partial charge in [0.25, 0.3) is 0 Å². The second-order valence-electron chi connectivity index (χ2n) is 6.95. The van der Waals surface area contributed by atoms with Gasteiger partial charge in [-0.25, -0.2) is 0 Å². The van der Waals surface area contributed by atoms with Crippen LogP contribution in [0.3, 0.4) is 0 Å². The van der Waals surface area contributed by atoms with Gasteiger partial charge in [-0.1, -0.05) is 37.1 Å². The second-order valence-corrected chi connectivity index (χ2v) is 6.95. The summed E-state index contributed by atoms with van der Waals surface area (Å²) >= 11 is 0. The lowest BCUT2D eigenvalue weighted by molar-refractivity contribution is -0.176. The molecule has 0 aromatic heterocycles. The summed E-state index contributed by atoms with van der Waals surface area (Å²) in [6.45, 7) is 0.936. The SMILES string of the molecule is CC1(N)CCCCC1C(=O)NCc1ccc(COCC(F)(F)F)cc1. The standard InChI is InChI=1S/C18H25F3N2O2/c1-17(22)9-3-2-4-15(17)16(24)23-10-13-5-7-14(8-6-13)11-25-12-18(19,20)21/h5-8,15H,2-4,9-12,22H2,1H3,(H,23,24). The molecule has 0 aliphatic heterocycles. The first-order chi connectivity index (χ1) is 11.7.